The molecule has 0 bridgehead atoms. The smallest absolute Gasteiger partial charge is 0.338 e. The van der Waals surface area contributed by atoms with Crippen LogP contribution < -0.4 is 0 Å². The van der Waals surface area contributed by atoms with E-state index in [-0.39, 0.29) is 12.4 Å². The molecule has 0 unspecified atom stereocenters. The second kappa shape index (κ2) is 6.80. The van der Waals surface area contributed by atoms with Crippen molar-refractivity contribution in [2.45, 2.75) is 13.2 Å². The summed E-state index contributed by atoms with van der Waals surface area (Å²) in [5.41, 5.74) is 3.26. The Labute approximate surface area is 139 Å². The number of carbonyl (C=O) groups excluding carboxylic acids is 1. The summed E-state index contributed by atoms with van der Waals surface area (Å²) in [4.78, 5) is 21.4. The van der Waals surface area contributed by atoms with Crippen molar-refractivity contribution in [1.29, 1.82) is 0 Å². The van der Waals surface area contributed by atoms with Crippen molar-refractivity contribution in [3.05, 3.63) is 65.2 Å². The summed E-state index contributed by atoms with van der Waals surface area (Å²) in [5.74, 6) is -0.816. The molecule has 0 aliphatic rings. The van der Waals surface area contributed by atoms with Crippen LogP contribution in [-0.4, -0.2) is 34.9 Å². The first-order valence-corrected chi connectivity index (χ1v) is 7.56. The lowest BCUT2D eigenvalue weighted by Gasteiger charge is -2.11. The largest absolute Gasteiger partial charge is 0.456 e. The van der Waals surface area contributed by atoms with E-state index in [1.165, 1.54) is 18.2 Å². The van der Waals surface area contributed by atoms with Gasteiger partial charge in [-0.3, -0.25) is 4.98 Å². The number of hydrogen-bond acceptors (Lipinski definition) is 4. The first-order chi connectivity index (χ1) is 11.5. The van der Waals surface area contributed by atoms with Gasteiger partial charge in [-0.2, -0.15) is 0 Å². The fourth-order valence-corrected chi connectivity index (χ4v) is 2.48. The van der Waals surface area contributed by atoms with Gasteiger partial charge < -0.3 is 14.6 Å². The fraction of sp³-hybridized carbons (Fsp3) is 0.222. The summed E-state index contributed by atoms with van der Waals surface area (Å²) in [6.45, 7) is 0.524. The Morgan fingerprint density at radius 2 is 2.12 bits per heavy atom. The van der Waals surface area contributed by atoms with Crippen molar-refractivity contribution in [2.75, 3.05) is 14.1 Å². The minimum Gasteiger partial charge on any atom is -0.456 e. The number of nitrogens with one attached hydrogen (secondary N) is 1. The normalized spacial score (nSPS) is 11.2. The predicted octanol–water partition coefficient (Wildman–Crippen LogP) is 3.12. The Bertz CT molecular complexity index is 841. The minimum atomic E-state index is -0.485. The van der Waals surface area contributed by atoms with Gasteiger partial charge in [0.15, 0.2) is 0 Å². The predicted molar refractivity (Wildman–Crippen MR) is 89.0 cm³/mol. The van der Waals surface area contributed by atoms with Crippen LogP contribution >= 0.6 is 0 Å². The molecule has 0 radical (unpaired) electrons. The molecule has 3 rings (SSSR count). The third-order valence-electron chi connectivity index (χ3n) is 3.57. The number of hydrogen-bond donors (Lipinski definition) is 1. The van der Waals surface area contributed by atoms with Gasteiger partial charge in [0.25, 0.3) is 0 Å². The highest BCUT2D eigenvalue weighted by molar-refractivity contribution is 5.89. The molecule has 1 N–H and O–H groups in total. The molecule has 0 saturated heterocycles. The zero-order valence-electron chi connectivity index (χ0n) is 13.5. The molecule has 0 saturated carbocycles. The number of pyridine rings is 1. The van der Waals surface area contributed by atoms with Crippen LogP contribution in [0.4, 0.5) is 4.39 Å². The number of rotatable bonds is 5. The minimum absolute atomic E-state index is 0.107. The number of nitrogens with zero attached hydrogens (tertiary/aromatic N) is 2. The van der Waals surface area contributed by atoms with E-state index in [9.17, 15) is 9.18 Å². The maximum atomic E-state index is 13.8. The average molecular weight is 327 g/mol. The molecule has 6 heteroatoms. The van der Waals surface area contributed by atoms with Gasteiger partial charge >= 0.3 is 5.97 Å². The van der Waals surface area contributed by atoms with Crippen LogP contribution in [-0.2, 0) is 17.9 Å². The van der Waals surface area contributed by atoms with E-state index in [2.05, 4.69) is 9.97 Å². The van der Waals surface area contributed by atoms with Crippen molar-refractivity contribution in [2.24, 2.45) is 0 Å². The van der Waals surface area contributed by atoms with Crippen molar-refractivity contribution in [1.82, 2.24) is 14.9 Å². The SMILES string of the molecule is CN(C)Cc1cc(C(=O)OCc2cc3ncccc3[nH]2)ccc1F. The lowest BCUT2D eigenvalue weighted by atomic mass is 10.1. The van der Waals surface area contributed by atoms with Gasteiger partial charge in [-0.15, -0.1) is 0 Å². The van der Waals surface area contributed by atoms with Gasteiger partial charge in [0.05, 0.1) is 22.3 Å². The molecule has 0 aliphatic heterocycles. The van der Waals surface area contributed by atoms with Crippen LogP contribution in [0.25, 0.3) is 11.0 Å². The molecule has 5 nitrogen and oxygen atoms in total. The van der Waals surface area contributed by atoms with Crippen LogP contribution in [0, 0.1) is 5.82 Å². The maximum absolute atomic E-state index is 13.8. The monoisotopic (exact) mass is 327 g/mol. The molecular formula is C18H18FN3O2. The Kier molecular flexibility index (Phi) is 4.57. The molecule has 124 valence electrons. The topological polar surface area (TPSA) is 58.2 Å². The summed E-state index contributed by atoms with van der Waals surface area (Å²) in [7, 11) is 3.68. The number of fused-ring (bicyclic) bond motifs is 1. The van der Waals surface area contributed by atoms with Crippen LogP contribution in [0.15, 0.2) is 42.6 Å². The lowest BCUT2D eigenvalue weighted by molar-refractivity contribution is 0.0468. The molecule has 0 atom stereocenters. The summed E-state index contributed by atoms with van der Waals surface area (Å²) in [6, 6.07) is 9.83. The summed E-state index contributed by atoms with van der Waals surface area (Å²) >= 11 is 0. The van der Waals surface area contributed by atoms with E-state index in [1.54, 1.807) is 6.20 Å². The van der Waals surface area contributed by atoms with Crippen molar-refractivity contribution < 1.29 is 13.9 Å². The third kappa shape index (κ3) is 3.60. The number of halogens is 1. The Balaban J connectivity index is 1.70. The van der Waals surface area contributed by atoms with Crippen molar-refractivity contribution in [3.8, 4) is 0 Å². The molecular weight excluding hydrogens is 309 g/mol. The van der Waals surface area contributed by atoms with Crippen LogP contribution in [0.3, 0.4) is 0 Å². The van der Waals surface area contributed by atoms with E-state index < -0.39 is 5.97 Å². The number of ether oxygens (including phenoxy) is 1. The zero-order chi connectivity index (χ0) is 17.1. The summed E-state index contributed by atoms with van der Waals surface area (Å²) in [5, 5.41) is 0. The first kappa shape index (κ1) is 16.1. The number of benzene rings is 1. The second-order valence-electron chi connectivity index (χ2n) is 5.85. The Morgan fingerprint density at radius 3 is 2.88 bits per heavy atom. The van der Waals surface area contributed by atoms with Crippen LogP contribution in [0.1, 0.15) is 21.6 Å². The van der Waals surface area contributed by atoms with Gasteiger partial charge in [-0.05, 0) is 50.5 Å². The van der Waals surface area contributed by atoms with E-state index in [1.807, 2.05) is 37.2 Å². The highest BCUT2D eigenvalue weighted by atomic mass is 19.1. The molecule has 3 aromatic rings. The second-order valence-corrected chi connectivity index (χ2v) is 5.85. The van der Waals surface area contributed by atoms with E-state index in [4.69, 9.17) is 4.74 Å². The lowest BCUT2D eigenvalue weighted by Crippen LogP contribution is -2.13. The van der Waals surface area contributed by atoms with Gasteiger partial charge in [0.1, 0.15) is 12.4 Å². The molecule has 0 amide bonds. The highest BCUT2D eigenvalue weighted by Gasteiger charge is 2.12. The van der Waals surface area contributed by atoms with Crippen molar-refractivity contribution >= 4 is 17.0 Å². The number of aromatic nitrogens is 2. The van der Waals surface area contributed by atoms with Gasteiger partial charge in [-0.25, -0.2) is 9.18 Å². The van der Waals surface area contributed by atoms with Crippen LogP contribution in [0.2, 0.25) is 0 Å². The molecule has 0 fully saturated rings. The Hall–Kier alpha value is -2.73. The maximum Gasteiger partial charge on any atom is 0.338 e. The first-order valence-electron chi connectivity index (χ1n) is 7.56. The summed E-state index contributed by atoms with van der Waals surface area (Å²) < 4.78 is 19.1. The Morgan fingerprint density at radius 1 is 1.29 bits per heavy atom. The molecule has 0 spiro atoms. The summed E-state index contributed by atoms with van der Waals surface area (Å²) in [6.07, 6.45) is 1.71. The van der Waals surface area contributed by atoms with E-state index >= 15 is 0 Å². The molecule has 24 heavy (non-hydrogen) atoms. The van der Waals surface area contributed by atoms with E-state index in [0.29, 0.717) is 17.7 Å². The average Bonchev–Trinajstić information content (AvgIpc) is 2.97. The standard InChI is InChI=1S/C18H18FN3O2/c1-22(2)10-13-8-12(5-6-15(13)19)18(23)24-11-14-9-17-16(21-14)4-3-7-20-17/h3-9,21H,10-11H2,1-2H3. The third-order valence-corrected chi connectivity index (χ3v) is 3.57. The van der Waals surface area contributed by atoms with Gasteiger partial charge in [0.2, 0.25) is 0 Å². The fourth-order valence-electron chi connectivity index (χ4n) is 2.48. The molecule has 1 aromatic carbocycles. The van der Waals surface area contributed by atoms with Crippen LogP contribution in [0.5, 0.6) is 0 Å². The van der Waals surface area contributed by atoms with Crippen molar-refractivity contribution in [3.63, 3.8) is 0 Å². The highest BCUT2D eigenvalue weighted by Crippen LogP contribution is 2.16. The zero-order valence-corrected chi connectivity index (χ0v) is 13.5. The number of esters is 1. The molecule has 2 aromatic heterocycles. The van der Waals surface area contributed by atoms with Gasteiger partial charge in [0, 0.05) is 18.3 Å². The quantitative estimate of drug-likeness (QED) is 0.732. The number of aromatic amines is 1. The molecule has 2 heterocycles. The molecule has 0 aliphatic carbocycles. The van der Waals surface area contributed by atoms with E-state index in [0.717, 1.165) is 16.7 Å². The number of carbonyl (C=O) groups is 1. The number of H-pyrrole nitrogens is 1. The van der Waals surface area contributed by atoms with Gasteiger partial charge in [-0.1, -0.05) is 0 Å².